The number of hydrogen-bond donors (Lipinski definition) is 2. The van der Waals surface area contributed by atoms with Crippen LogP contribution in [0.4, 0.5) is 5.00 Å². The summed E-state index contributed by atoms with van der Waals surface area (Å²) in [6.45, 7) is 4.19. The zero-order valence-corrected chi connectivity index (χ0v) is 25.9. The van der Waals surface area contributed by atoms with Crippen LogP contribution < -0.4 is 15.4 Å². The summed E-state index contributed by atoms with van der Waals surface area (Å²) in [5.41, 5.74) is 4.21. The van der Waals surface area contributed by atoms with Crippen molar-refractivity contribution in [1.29, 1.82) is 0 Å². The number of aryl methyl sites for hydroxylation is 2. The summed E-state index contributed by atoms with van der Waals surface area (Å²) >= 11 is 2.68. The molecule has 5 rings (SSSR count). The van der Waals surface area contributed by atoms with E-state index in [9.17, 15) is 14.4 Å². The van der Waals surface area contributed by atoms with E-state index in [0.717, 1.165) is 52.3 Å². The minimum Gasteiger partial charge on any atom is -0.497 e. The van der Waals surface area contributed by atoms with Gasteiger partial charge in [0.1, 0.15) is 10.8 Å². The van der Waals surface area contributed by atoms with Crippen molar-refractivity contribution in [1.82, 2.24) is 20.1 Å². The van der Waals surface area contributed by atoms with E-state index < -0.39 is 5.97 Å². The van der Waals surface area contributed by atoms with Gasteiger partial charge in [-0.3, -0.25) is 14.2 Å². The number of amides is 2. The van der Waals surface area contributed by atoms with Crippen LogP contribution >= 0.6 is 23.1 Å². The Morgan fingerprint density at radius 1 is 1.07 bits per heavy atom. The number of carbonyl (C=O) groups excluding carboxylic acids is 3. The first-order valence-corrected chi connectivity index (χ1v) is 15.8. The van der Waals surface area contributed by atoms with Crippen molar-refractivity contribution in [2.75, 3.05) is 24.8 Å². The average molecular weight is 620 g/mol. The molecule has 0 saturated heterocycles. The highest BCUT2D eigenvalue weighted by atomic mass is 32.2. The van der Waals surface area contributed by atoms with Gasteiger partial charge in [0.05, 0.1) is 38.0 Å². The number of benzene rings is 2. The van der Waals surface area contributed by atoms with Crippen LogP contribution in [0.15, 0.2) is 53.7 Å². The number of anilines is 1. The number of thioether (sulfide) groups is 1. The second-order valence-corrected chi connectivity index (χ2v) is 12.0. The van der Waals surface area contributed by atoms with Crippen molar-refractivity contribution in [3.8, 4) is 11.4 Å². The Morgan fingerprint density at radius 3 is 2.63 bits per heavy atom. The Balaban J connectivity index is 1.28. The second kappa shape index (κ2) is 13.9. The van der Waals surface area contributed by atoms with Gasteiger partial charge in [-0.05, 0) is 74.1 Å². The molecule has 4 aromatic rings. The number of nitrogens with one attached hydrogen (secondary N) is 2. The predicted octanol–water partition coefficient (Wildman–Crippen LogP) is 4.90. The molecule has 2 amide bonds. The van der Waals surface area contributed by atoms with E-state index >= 15 is 0 Å². The molecule has 2 heterocycles. The molecule has 1 aliphatic carbocycles. The van der Waals surface area contributed by atoms with Crippen LogP contribution in [0.25, 0.3) is 5.69 Å². The molecule has 0 aliphatic heterocycles. The molecule has 224 valence electrons. The van der Waals surface area contributed by atoms with Crippen molar-refractivity contribution in [2.45, 2.75) is 51.2 Å². The summed E-state index contributed by atoms with van der Waals surface area (Å²) in [5, 5.41) is 15.6. The van der Waals surface area contributed by atoms with Crippen molar-refractivity contribution >= 4 is 45.9 Å². The number of thiophene rings is 1. The van der Waals surface area contributed by atoms with Gasteiger partial charge in [-0.2, -0.15) is 0 Å². The molecule has 0 bridgehead atoms. The molecule has 0 atom stereocenters. The number of fused-ring (bicyclic) bond motifs is 1. The topological polar surface area (TPSA) is 124 Å². The van der Waals surface area contributed by atoms with Gasteiger partial charge in [0, 0.05) is 10.6 Å². The first-order valence-electron chi connectivity index (χ1n) is 14.0. The molecule has 0 fully saturated rings. The number of hydrogen-bond acceptors (Lipinski definition) is 9. The minimum absolute atomic E-state index is 0.0542. The Bertz CT molecular complexity index is 1630. The largest absolute Gasteiger partial charge is 0.497 e. The zero-order valence-electron chi connectivity index (χ0n) is 24.3. The third-order valence-corrected chi connectivity index (χ3v) is 9.05. The molecule has 1 aliphatic rings. The van der Waals surface area contributed by atoms with E-state index in [4.69, 9.17) is 9.47 Å². The highest BCUT2D eigenvalue weighted by Crippen LogP contribution is 2.39. The lowest BCUT2D eigenvalue weighted by molar-refractivity contribution is -0.120. The fourth-order valence-electron chi connectivity index (χ4n) is 4.91. The third-order valence-electron chi connectivity index (χ3n) is 6.91. The Labute approximate surface area is 258 Å². The van der Waals surface area contributed by atoms with Gasteiger partial charge in [-0.15, -0.1) is 21.5 Å². The van der Waals surface area contributed by atoms with Crippen LogP contribution in [-0.2, 0) is 40.1 Å². The molecule has 0 saturated carbocycles. The first-order chi connectivity index (χ1) is 20.9. The van der Waals surface area contributed by atoms with Crippen LogP contribution in [-0.4, -0.2) is 52.0 Å². The summed E-state index contributed by atoms with van der Waals surface area (Å²) in [7, 11) is 1.60. The lowest BCUT2D eigenvalue weighted by atomic mass is 10.1. The highest BCUT2D eigenvalue weighted by Gasteiger charge is 2.28. The van der Waals surface area contributed by atoms with E-state index in [1.807, 2.05) is 60.0 Å². The Kier molecular flexibility index (Phi) is 9.78. The smallest absolute Gasteiger partial charge is 0.341 e. The van der Waals surface area contributed by atoms with Gasteiger partial charge in [0.25, 0.3) is 0 Å². The average Bonchev–Trinajstić information content (AvgIpc) is 3.70. The van der Waals surface area contributed by atoms with Gasteiger partial charge in [0.15, 0.2) is 11.0 Å². The summed E-state index contributed by atoms with van der Waals surface area (Å²) in [4.78, 5) is 39.6. The molecule has 0 spiro atoms. The number of aromatic nitrogens is 3. The van der Waals surface area contributed by atoms with Crippen LogP contribution in [0, 0.1) is 6.92 Å². The third kappa shape index (κ3) is 7.26. The lowest BCUT2D eigenvalue weighted by Gasteiger charge is -2.12. The normalized spacial score (nSPS) is 12.1. The van der Waals surface area contributed by atoms with E-state index in [1.165, 1.54) is 23.1 Å². The number of ether oxygens (including phenoxy) is 2. The van der Waals surface area contributed by atoms with Gasteiger partial charge in [-0.1, -0.05) is 36.0 Å². The van der Waals surface area contributed by atoms with E-state index in [1.54, 1.807) is 14.0 Å². The maximum Gasteiger partial charge on any atom is 0.341 e. The fraction of sp³-hybridized carbons (Fsp3) is 0.323. The molecule has 10 nitrogen and oxygen atoms in total. The molecule has 2 aromatic carbocycles. The molecular formula is C31H33N5O5S2. The molecule has 43 heavy (non-hydrogen) atoms. The molecular weight excluding hydrogens is 587 g/mol. The monoisotopic (exact) mass is 619 g/mol. The zero-order chi connectivity index (χ0) is 30.3. The van der Waals surface area contributed by atoms with E-state index in [0.29, 0.717) is 21.5 Å². The number of carbonyl (C=O) groups is 3. The number of rotatable bonds is 12. The summed E-state index contributed by atoms with van der Waals surface area (Å²) in [6.07, 6.45) is 2.92. The molecule has 0 radical (unpaired) electrons. The van der Waals surface area contributed by atoms with Crippen molar-refractivity contribution in [2.24, 2.45) is 0 Å². The van der Waals surface area contributed by atoms with Crippen molar-refractivity contribution in [3.05, 3.63) is 81.5 Å². The van der Waals surface area contributed by atoms with E-state index in [2.05, 4.69) is 20.8 Å². The second-order valence-electron chi connectivity index (χ2n) is 9.99. The van der Waals surface area contributed by atoms with Gasteiger partial charge in [-0.25, -0.2) is 4.79 Å². The summed E-state index contributed by atoms with van der Waals surface area (Å²) in [6, 6.07) is 15.2. The highest BCUT2D eigenvalue weighted by molar-refractivity contribution is 7.99. The Hall–Kier alpha value is -4.16. The molecule has 2 aromatic heterocycles. The lowest BCUT2D eigenvalue weighted by Crippen LogP contribution is -2.26. The van der Waals surface area contributed by atoms with Crippen LogP contribution in [0.3, 0.4) is 0 Å². The van der Waals surface area contributed by atoms with Crippen LogP contribution in [0.1, 0.15) is 51.1 Å². The molecule has 12 heteroatoms. The van der Waals surface area contributed by atoms with Gasteiger partial charge < -0.3 is 20.1 Å². The fourth-order valence-corrected chi connectivity index (χ4v) is 6.97. The first kappa shape index (κ1) is 30.3. The minimum atomic E-state index is -0.400. The quantitative estimate of drug-likeness (QED) is 0.170. The summed E-state index contributed by atoms with van der Waals surface area (Å²) < 4.78 is 12.3. The van der Waals surface area contributed by atoms with E-state index in [-0.39, 0.29) is 37.1 Å². The SMILES string of the molecule is CCOC(=O)c1c(NC(=O)CSc2nnc(CNC(=O)Cc3ccc(OC)cc3)n2-c2cccc(C)c2)sc2c1CCC2. The molecule has 0 unspecified atom stereocenters. The van der Waals surface area contributed by atoms with Crippen molar-refractivity contribution < 1.29 is 23.9 Å². The van der Waals surface area contributed by atoms with Gasteiger partial charge in [0.2, 0.25) is 11.8 Å². The van der Waals surface area contributed by atoms with Crippen LogP contribution in [0.2, 0.25) is 0 Å². The maximum atomic E-state index is 13.1. The standard InChI is InChI=1S/C31H33N5O5S2/c1-4-41-30(39)28-23-9-6-10-24(23)43-29(28)33-27(38)18-42-31-35-34-25(36(31)21-8-5-7-19(2)15-21)17-32-26(37)16-20-11-13-22(40-3)14-12-20/h5,7-8,11-15H,4,6,9-10,16-18H2,1-3H3,(H,32,37)(H,33,38). The Morgan fingerprint density at radius 2 is 1.88 bits per heavy atom. The van der Waals surface area contributed by atoms with Gasteiger partial charge >= 0.3 is 5.97 Å². The van der Waals surface area contributed by atoms with Crippen molar-refractivity contribution in [3.63, 3.8) is 0 Å². The number of methoxy groups -OCH3 is 1. The maximum absolute atomic E-state index is 13.1. The number of nitrogens with zero attached hydrogens (tertiary/aromatic N) is 3. The number of esters is 1. The molecule has 2 N–H and O–H groups in total. The summed E-state index contributed by atoms with van der Waals surface area (Å²) in [5.74, 6) is 0.506. The van der Waals surface area contributed by atoms with Crippen LogP contribution in [0.5, 0.6) is 5.75 Å². The predicted molar refractivity (Wildman–Crippen MR) is 166 cm³/mol.